The van der Waals surface area contributed by atoms with E-state index in [1.807, 2.05) is 0 Å². The van der Waals surface area contributed by atoms with Crippen LogP contribution in [0.15, 0.2) is 24.3 Å². The lowest BCUT2D eigenvalue weighted by molar-refractivity contribution is 0.0301. The number of hydrogen-bond acceptors (Lipinski definition) is 5. The summed E-state index contributed by atoms with van der Waals surface area (Å²) in [6.07, 6.45) is -1.64. The first-order valence-corrected chi connectivity index (χ1v) is 8.04. The zero-order chi connectivity index (χ0) is 19.0. The molecule has 1 aromatic carbocycles. The molecule has 0 unspecified atom stereocenters. The standard InChI is InChI=1S/C18H24N2O5/c1-17(2,3)24-15(22)19-11-12-9-7-8-10-13(12)20(14(19)21)16(23)25-18(4,5)6/h7-10H,11H2,1-6H3. The number of urea groups is 1. The maximum atomic E-state index is 12.8. The lowest BCUT2D eigenvalue weighted by Crippen LogP contribution is -2.54. The zero-order valence-corrected chi connectivity index (χ0v) is 15.5. The summed E-state index contributed by atoms with van der Waals surface area (Å²) in [6.45, 7) is 10.3. The number of benzene rings is 1. The van der Waals surface area contributed by atoms with Gasteiger partial charge in [-0.3, -0.25) is 0 Å². The summed E-state index contributed by atoms with van der Waals surface area (Å²) in [5, 5.41) is 0. The molecule has 25 heavy (non-hydrogen) atoms. The predicted molar refractivity (Wildman–Crippen MR) is 92.3 cm³/mol. The van der Waals surface area contributed by atoms with E-state index in [1.54, 1.807) is 65.8 Å². The Morgan fingerprint density at radius 1 is 0.920 bits per heavy atom. The Bertz CT molecular complexity index is 700. The van der Waals surface area contributed by atoms with Gasteiger partial charge in [0.1, 0.15) is 11.2 Å². The SMILES string of the molecule is CC(C)(C)OC(=O)N1Cc2ccccc2N(C(=O)OC(C)(C)C)C1=O. The molecule has 0 saturated carbocycles. The second-order valence-electron chi connectivity index (χ2n) is 7.79. The van der Waals surface area contributed by atoms with E-state index in [-0.39, 0.29) is 6.54 Å². The third kappa shape index (κ3) is 4.49. The number of rotatable bonds is 0. The van der Waals surface area contributed by atoms with Crippen LogP contribution in [0.2, 0.25) is 0 Å². The number of para-hydroxylation sites is 1. The number of hydrogen-bond donors (Lipinski definition) is 0. The normalized spacial score (nSPS) is 14.9. The van der Waals surface area contributed by atoms with E-state index in [0.717, 1.165) is 9.80 Å². The van der Waals surface area contributed by atoms with Gasteiger partial charge in [-0.25, -0.2) is 19.3 Å². The van der Waals surface area contributed by atoms with Crippen LogP contribution in [0.25, 0.3) is 0 Å². The highest BCUT2D eigenvalue weighted by atomic mass is 16.6. The van der Waals surface area contributed by atoms with Crippen molar-refractivity contribution in [3.05, 3.63) is 29.8 Å². The molecular formula is C18H24N2O5. The van der Waals surface area contributed by atoms with Crippen molar-refractivity contribution in [1.29, 1.82) is 0 Å². The molecule has 1 aromatic rings. The van der Waals surface area contributed by atoms with Gasteiger partial charge in [-0.05, 0) is 53.2 Å². The molecular weight excluding hydrogens is 324 g/mol. The molecule has 0 aromatic heterocycles. The molecule has 0 aliphatic carbocycles. The Morgan fingerprint density at radius 2 is 1.44 bits per heavy atom. The number of fused-ring (bicyclic) bond motifs is 1. The molecule has 0 spiro atoms. The summed E-state index contributed by atoms with van der Waals surface area (Å²) >= 11 is 0. The second-order valence-corrected chi connectivity index (χ2v) is 7.79. The van der Waals surface area contributed by atoms with Gasteiger partial charge in [0.15, 0.2) is 0 Å². The van der Waals surface area contributed by atoms with Crippen molar-refractivity contribution in [3.8, 4) is 0 Å². The van der Waals surface area contributed by atoms with Gasteiger partial charge in [0, 0.05) is 0 Å². The maximum Gasteiger partial charge on any atom is 0.423 e. The molecule has 1 heterocycles. The van der Waals surface area contributed by atoms with Crippen LogP contribution < -0.4 is 4.90 Å². The lowest BCUT2D eigenvalue weighted by Gasteiger charge is -2.35. The highest BCUT2D eigenvalue weighted by Crippen LogP contribution is 2.30. The van der Waals surface area contributed by atoms with Crippen LogP contribution in [0, 0.1) is 0 Å². The number of amides is 4. The molecule has 2 rings (SSSR count). The summed E-state index contributed by atoms with van der Waals surface area (Å²) in [6, 6.07) is 6.09. The summed E-state index contributed by atoms with van der Waals surface area (Å²) in [5.74, 6) is 0. The third-order valence-electron chi connectivity index (χ3n) is 3.17. The Balaban J connectivity index is 2.39. The van der Waals surface area contributed by atoms with Gasteiger partial charge in [0.05, 0.1) is 12.2 Å². The predicted octanol–water partition coefficient (Wildman–Crippen LogP) is 4.30. The minimum absolute atomic E-state index is 0.0310. The van der Waals surface area contributed by atoms with Gasteiger partial charge in [0.2, 0.25) is 0 Å². The molecule has 7 nitrogen and oxygen atoms in total. The van der Waals surface area contributed by atoms with E-state index >= 15 is 0 Å². The van der Waals surface area contributed by atoms with Crippen molar-refractivity contribution >= 4 is 23.9 Å². The molecule has 0 atom stereocenters. The van der Waals surface area contributed by atoms with E-state index in [1.165, 1.54) is 0 Å². The number of carbonyl (C=O) groups is 3. The molecule has 0 fully saturated rings. The molecule has 7 heteroatoms. The first kappa shape index (κ1) is 18.8. The van der Waals surface area contributed by atoms with Gasteiger partial charge < -0.3 is 9.47 Å². The zero-order valence-electron chi connectivity index (χ0n) is 15.5. The topological polar surface area (TPSA) is 76.2 Å². The molecule has 1 aliphatic heterocycles. The van der Waals surface area contributed by atoms with Crippen LogP contribution in [-0.2, 0) is 16.0 Å². The van der Waals surface area contributed by atoms with Crippen molar-refractivity contribution in [1.82, 2.24) is 4.90 Å². The van der Waals surface area contributed by atoms with Gasteiger partial charge in [-0.15, -0.1) is 0 Å². The van der Waals surface area contributed by atoms with E-state index in [4.69, 9.17) is 9.47 Å². The van der Waals surface area contributed by atoms with Crippen LogP contribution in [0.5, 0.6) is 0 Å². The Hall–Kier alpha value is -2.57. The van der Waals surface area contributed by atoms with Gasteiger partial charge in [-0.2, -0.15) is 4.90 Å². The van der Waals surface area contributed by atoms with Crippen molar-refractivity contribution < 1.29 is 23.9 Å². The summed E-state index contributed by atoms with van der Waals surface area (Å²) in [7, 11) is 0. The monoisotopic (exact) mass is 348 g/mol. The number of nitrogens with zero attached hydrogens (tertiary/aromatic N) is 2. The fraction of sp³-hybridized carbons (Fsp3) is 0.500. The minimum Gasteiger partial charge on any atom is -0.443 e. The molecule has 0 radical (unpaired) electrons. The highest BCUT2D eigenvalue weighted by Gasteiger charge is 2.41. The van der Waals surface area contributed by atoms with Gasteiger partial charge >= 0.3 is 18.2 Å². The fourth-order valence-corrected chi connectivity index (χ4v) is 2.27. The van der Waals surface area contributed by atoms with Crippen LogP contribution in [0.1, 0.15) is 47.1 Å². The maximum absolute atomic E-state index is 12.8. The van der Waals surface area contributed by atoms with E-state index in [0.29, 0.717) is 11.3 Å². The largest absolute Gasteiger partial charge is 0.443 e. The average Bonchev–Trinajstić information content (AvgIpc) is 2.42. The van der Waals surface area contributed by atoms with Crippen molar-refractivity contribution in [3.63, 3.8) is 0 Å². The average molecular weight is 348 g/mol. The quantitative estimate of drug-likeness (QED) is 0.699. The Morgan fingerprint density at radius 3 is 2.00 bits per heavy atom. The van der Waals surface area contributed by atoms with Gasteiger partial charge in [-0.1, -0.05) is 18.2 Å². The smallest absolute Gasteiger partial charge is 0.423 e. The molecule has 136 valence electrons. The summed E-state index contributed by atoms with van der Waals surface area (Å²) in [4.78, 5) is 39.5. The Kier molecular flexibility index (Phi) is 4.79. The molecule has 0 bridgehead atoms. The molecule has 4 amide bonds. The minimum atomic E-state index is -0.835. The molecule has 1 aliphatic rings. The number of carbonyl (C=O) groups excluding carboxylic acids is 3. The number of imide groups is 2. The summed E-state index contributed by atoms with van der Waals surface area (Å²) < 4.78 is 10.6. The van der Waals surface area contributed by atoms with E-state index < -0.39 is 29.4 Å². The van der Waals surface area contributed by atoms with Gasteiger partial charge in [0.25, 0.3) is 0 Å². The number of anilines is 1. The van der Waals surface area contributed by atoms with Crippen LogP contribution in [-0.4, -0.2) is 34.3 Å². The first-order chi connectivity index (χ1) is 11.4. The fourth-order valence-electron chi connectivity index (χ4n) is 2.27. The van der Waals surface area contributed by atoms with Crippen LogP contribution in [0.3, 0.4) is 0 Å². The third-order valence-corrected chi connectivity index (χ3v) is 3.17. The second kappa shape index (κ2) is 6.38. The summed E-state index contributed by atoms with van der Waals surface area (Å²) in [5.41, 5.74) is -0.480. The van der Waals surface area contributed by atoms with Crippen LogP contribution >= 0.6 is 0 Å². The first-order valence-electron chi connectivity index (χ1n) is 8.04. The molecule has 0 N–H and O–H groups in total. The lowest BCUT2D eigenvalue weighted by atomic mass is 10.1. The van der Waals surface area contributed by atoms with Crippen molar-refractivity contribution in [2.45, 2.75) is 59.3 Å². The van der Waals surface area contributed by atoms with Crippen LogP contribution in [0.4, 0.5) is 20.1 Å². The highest BCUT2D eigenvalue weighted by molar-refractivity contribution is 6.16. The number of ether oxygens (including phenoxy) is 2. The Labute approximate surface area is 147 Å². The van der Waals surface area contributed by atoms with E-state index in [2.05, 4.69) is 0 Å². The van der Waals surface area contributed by atoms with E-state index in [9.17, 15) is 14.4 Å². The molecule has 0 saturated heterocycles. The van der Waals surface area contributed by atoms with Crippen molar-refractivity contribution in [2.24, 2.45) is 0 Å². The van der Waals surface area contributed by atoms with Crippen molar-refractivity contribution in [2.75, 3.05) is 4.90 Å².